The molecule has 0 aliphatic carbocycles. The molecular formula is C16H25NO. The number of carbonyl (C=O) groups is 1. The van der Waals surface area contributed by atoms with Crippen molar-refractivity contribution in [2.24, 2.45) is 0 Å². The highest BCUT2D eigenvalue weighted by atomic mass is 16.1. The molecule has 1 aromatic carbocycles. The summed E-state index contributed by atoms with van der Waals surface area (Å²) in [4.78, 5) is 13.9. The number of ketones is 1. The SMILES string of the molecule is CC.CCN1C(c2ccccc2)CC[C@H]1C(C)=O. The Morgan fingerprint density at radius 2 is 1.83 bits per heavy atom. The average Bonchev–Trinajstić information content (AvgIpc) is 2.86. The molecule has 1 heterocycles. The highest BCUT2D eigenvalue weighted by Crippen LogP contribution is 2.35. The summed E-state index contributed by atoms with van der Waals surface area (Å²) in [5.41, 5.74) is 1.34. The van der Waals surface area contributed by atoms with Crippen LogP contribution in [0.1, 0.15) is 52.1 Å². The molecule has 0 spiro atoms. The lowest BCUT2D eigenvalue weighted by molar-refractivity contribution is -0.121. The number of hydrogen-bond acceptors (Lipinski definition) is 2. The van der Waals surface area contributed by atoms with Crippen LogP contribution in [-0.4, -0.2) is 23.3 Å². The van der Waals surface area contributed by atoms with E-state index in [0.717, 1.165) is 19.4 Å². The Morgan fingerprint density at radius 3 is 2.33 bits per heavy atom. The first kappa shape index (κ1) is 14.9. The molecule has 2 heteroatoms. The third-order valence-corrected chi connectivity index (χ3v) is 3.53. The summed E-state index contributed by atoms with van der Waals surface area (Å²) in [6, 6.07) is 11.1. The molecule has 18 heavy (non-hydrogen) atoms. The lowest BCUT2D eigenvalue weighted by Crippen LogP contribution is -2.36. The molecule has 0 amide bonds. The van der Waals surface area contributed by atoms with E-state index in [1.807, 2.05) is 19.9 Å². The Hall–Kier alpha value is -1.15. The summed E-state index contributed by atoms with van der Waals surface area (Å²) >= 11 is 0. The van der Waals surface area contributed by atoms with E-state index in [4.69, 9.17) is 0 Å². The minimum atomic E-state index is 0.134. The minimum absolute atomic E-state index is 0.134. The van der Waals surface area contributed by atoms with Gasteiger partial charge in [0, 0.05) is 6.04 Å². The number of carbonyl (C=O) groups excluding carboxylic acids is 1. The Kier molecular flexibility index (Phi) is 6.06. The van der Waals surface area contributed by atoms with Crippen molar-refractivity contribution in [1.82, 2.24) is 4.90 Å². The Bertz CT molecular complexity index is 361. The molecule has 2 rings (SSSR count). The van der Waals surface area contributed by atoms with Crippen LogP contribution in [0.15, 0.2) is 30.3 Å². The topological polar surface area (TPSA) is 20.3 Å². The van der Waals surface area contributed by atoms with Crippen molar-refractivity contribution in [2.45, 2.75) is 52.6 Å². The van der Waals surface area contributed by atoms with Crippen molar-refractivity contribution in [3.05, 3.63) is 35.9 Å². The first-order valence-corrected chi connectivity index (χ1v) is 7.05. The second kappa shape index (κ2) is 7.32. The normalized spacial score (nSPS) is 23.3. The van der Waals surface area contributed by atoms with Gasteiger partial charge in [-0.25, -0.2) is 0 Å². The summed E-state index contributed by atoms with van der Waals surface area (Å²) in [5.74, 6) is 0.306. The minimum Gasteiger partial charge on any atom is -0.298 e. The molecule has 1 aliphatic heterocycles. The third kappa shape index (κ3) is 3.20. The molecule has 0 N–H and O–H groups in total. The molecule has 2 nitrogen and oxygen atoms in total. The van der Waals surface area contributed by atoms with Gasteiger partial charge in [0.1, 0.15) is 5.78 Å². The maximum atomic E-state index is 11.6. The van der Waals surface area contributed by atoms with Crippen LogP contribution in [0, 0.1) is 0 Å². The van der Waals surface area contributed by atoms with E-state index in [2.05, 4.69) is 36.1 Å². The molecular weight excluding hydrogens is 222 g/mol. The molecule has 2 atom stereocenters. The number of hydrogen-bond donors (Lipinski definition) is 0. The molecule has 0 radical (unpaired) electrons. The van der Waals surface area contributed by atoms with Gasteiger partial charge < -0.3 is 0 Å². The molecule has 1 aliphatic rings. The van der Waals surface area contributed by atoms with Crippen LogP contribution < -0.4 is 0 Å². The maximum Gasteiger partial charge on any atom is 0.146 e. The fraction of sp³-hybridized carbons (Fsp3) is 0.562. The van der Waals surface area contributed by atoms with E-state index >= 15 is 0 Å². The first-order chi connectivity index (χ1) is 8.74. The highest BCUT2D eigenvalue weighted by molar-refractivity contribution is 5.81. The van der Waals surface area contributed by atoms with Crippen molar-refractivity contribution < 1.29 is 4.79 Å². The Labute approximate surface area is 111 Å². The number of likely N-dealkylation sites (tertiary alicyclic amines) is 1. The largest absolute Gasteiger partial charge is 0.298 e. The molecule has 0 bridgehead atoms. The van der Waals surface area contributed by atoms with Crippen molar-refractivity contribution in [2.75, 3.05) is 6.54 Å². The molecule has 1 aromatic rings. The Balaban J connectivity index is 0.000000771. The number of rotatable bonds is 3. The van der Waals surface area contributed by atoms with Gasteiger partial charge >= 0.3 is 0 Å². The van der Waals surface area contributed by atoms with E-state index in [0.29, 0.717) is 11.8 Å². The second-order valence-electron chi connectivity index (χ2n) is 4.46. The fourth-order valence-corrected chi connectivity index (χ4v) is 2.78. The number of nitrogens with zero attached hydrogens (tertiary/aromatic N) is 1. The summed E-state index contributed by atoms with van der Waals surface area (Å²) in [7, 11) is 0. The van der Waals surface area contributed by atoms with Gasteiger partial charge in [-0.2, -0.15) is 0 Å². The van der Waals surface area contributed by atoms with Gasteiger partial charge in [0.15, 0.2) is 0 Å². The molecule has 0 aromatic heterocycles. The summed E-state index contributed by atoms with van der Waals surface area (Å²) < 4.78 is 0. The van der Waals surface area contributed by atoms with E-state index in [9.17, 15) is 4.79 Å². The summed E-state index contributed by atoms with van der Waals surface area (Å²) in [6.45, 7) is 8.79. The second-order valence-corrected chi connectivity index (χ2v) is 4.46. The van der Waals surface area contributed by atoms with Gasteiger partial charge in [-0.15, -0.1) is 0 Å². The van der Waals surface area contributed by atoms with Crippen molar-refractivity contribution >= 4 is 5.78 Å². The monoisotopic (exact) mass is 247 g/mol. The third-order valence-electron chi connectivity index (χ3n) is 3.53. The molecule has 0 saturated carbocycles. The van der Waals surface area contributed by atoms with Crippen molar-refractivity contribution in [1.29, 1.82) is 0 Å². The van der Waals surface area contributed by atoms with Crippen LogP contribution in [0.3, 0.4) is 0 Å². The standard InChI is InChI=1S/C14H19NO.C2H6/c1-3-15-13(11(2)16)9-10-14(15)12-7-5-4-6-8-12;1-2/h4-8,13-14H,3,9-10H2,1-2H3;1-2H3/t13-,14?;/m0./s1. The summed E-state index contributed by atoms with van der Waals surface area (Å²) in [6.07, 6.45) is 2.10. The zero-order chi connectivity index (χ0) is 13.5. The lowest BCUT2D eigenvalue weighted by atomic mass is 10.0. The van der Waals surface area contributed by atoms with Crippen LogP contribution in [0.25, 0.3) is 0 Å². The predicted octanol–water partition coefficient (Wildman–Crippen LogP) is 3.83. The zero-order valence-corrected chi connectivity index (χ0v) is 12.0. The zero-order valence-electron chi connectivity index (χ0n) is 12.0. The molecule has 1 saturated heterocycles. The van der Waals surface area contributed by atoms with E-state index in [-0.39, 0.29) is 6.04 Å². The van der Waals surface area contributed by atoms with Crippen LogP contribution in [0.5, 0.6) is 0 Å². The van der Waals surface area contributed by atoms with Gasteiger partial charge in [0.05, 0.1) is 6.04 Å². The van der Waals surface area contributed by atoms with Crippen LogP contribution in [-0.2, 0) is 4.79 Å². The smallest absolute Gasteiger partial charge is 0.146 e. The van der Waals surface area contributed by atoms with Crippen molar-refractivity contribution in [3.8, 4) is 0 Å². The number of likely N-dealkylation sites (N-methyl/N-ethyl adjacent to an activating group) is 1. The molecule has 1 fully saturated rings. The van der Waals surface area contributed by atoms with Gasteiger partial charge in [-0.05, 0) is 31.9 Å². The molecule has 100 valence electrons. The maximum absolute atomic E-state index is 11.6. The van der Waals surface area contributed by atoms with E-state index in [1.54, 1.807) is 6.92 Å². The van der Waals surface area contributed by atoms with Gasteiger partial charge in [-0.3, -0.25) is 9.69 Å². The quantitative estimate of drug-likeness (QED) is 0.809. The lowest BCUT2D eigenvalue weighted by Gasteiger charge is -2.27. The highest BCUT2D eigenvalue weighted by Gasteiger charge is 2.35. The number of Topliss-reactive ketones (excluding diaryl/α,β-unsaturated/α-hetero) is 1. The summed E-state index contributed by atoms with van der Waals surface area (Å²) in [5, 5.41) is 0. The Morgan fingerprint density at radius 1 is 1.22 bits per heavy atom. The molecule has 1 unspecified atom stereocenters. The average molecular weight is 247 g/mol. The first-order valence-electron chi connectivity index (χ1n) is 7.05. The van der Waals surface area contributed by atoms with Gasteiger partial charge in [-0.1, -0.05) is 51.1 Å². The fourth-order valence-electron chi connectivity index (χ4n) is 2.78. The van der Waals surface area contributed by atoms with Crippen LogP contribution in [0.2, 0.25) is 0 Å². The van der Waals surface area contributed by atoms with Crippen LogP contribution >= 0.6 is 0 Å². The number of benzene rings is 1. The van der Waals surface area contributed by atoms with Crippen LogP contribution in [0.4, 0.5) is 0 Å². The van der Waals surface area contributed by atoms with Crippen molar-refractivity contribution in [3.63, 3.8) is 0 Å². The van der Waals surface area contributed by atoms with Gasteiger partial charge in [0.2, 0.25) is 0 Å². The van der Waals surface area contributed by atoms with E-state index < -0.39 is 0 Å². The van der Waals surface area contributed by atoms with E-state index in [1.165, 1.54) is 5.56 Å². The van der Waals surface area contributed by atoms with Gasteiger partial charge in [0.25, 0.3) is 0 Å². The predicted molar refractivity (Wildman–Crippen MR) is 76.6 cm³/mol.